The number of aliphatic hydroxyl groups is 1. The van der Waals surface area contributed by atoms with Gasteiger partial charge in [-0.05, 0) is 36.8 Å². The molecule has 1 aliphatic rings. The van der Waals surface area contributed by atoms with E-state index in [4.69, 9.17) is 36.6 Å². The summed E-state index contributed by atoms with van der Waals surface area (Å²) >= 11 is 0. The summed E-state index contributed by atoms with van der Waals surface area (Å²) in [6, 6.07) is 19.0. The SMILES string of the molecule is CCNC(=O)c1cc(C(=O)NCCO)cc(C(=O)NCCOCCOCCOCCN(N)/C2=C(\N)c3ccccc3N(C(=O)CCC(N)=O)Cc3ccccc32)c1. The standard InChI is InChI=1S/C40H52N8O9/c1-2-44-38(52)28-23-29(39(53)45-13-16-49)25-30(24-28)40(54)46-14-17-55-19-21-57-22-20-56-18-15-48(43)37-31-8-4-3-7-27(31)26-47(35(51)12-11-34(41)50)33-10-6-5-9-32(33)36(37)42/h3-10,23-25,49H,2,11-22,26,42-43H2,1H3,(H2,41,50)(H,44,52)(H,45,53)(H,46,54)/b37-36-. The first-order chi connectivity index (χ1) is 27.5. The molecule has 4 rings (SSSR count). The Hall–Kier alpha value is -5.85. The number of nitrogens with zero attached hydrogens (tertiary/aromatic N) is 2. The van der Waals surface area contributed by atoms with E-state index in [1.165, 1.54) is 23.2 Å². The lowest BCUT2D eigenvalue weighted by atomic mass is 9.95. The monoisotopic (exact) mass is 788 g/mol. The van der Waals surface area contributed by atoms with Gasteiger partial charge in [0, 0.05) is 60.3 Å². The Morgan fingerprint density at radius 1 is 0.737 bits per heavy atom. The molecule has 17 heteroatoms. The van der Waals surface area contributed by atoms with Gasteiger partial charge in [-0.2, -0.15) is 0 Å². The van der Waals surface area contributed by atoms with E-state index in [0.717, 1.165) is 11.1 Å². The van der Waals surface area contributed by atoms with E-state index >= 15 is 0 Å². The van der Waals surface area contributed by atoms with E-state index in [1.54, 1.807) is 11.8 Å². The van der Waals surface area contributed by atoms with Gasteiger partial charge in [-0.3, -0.25) is 24.0 Å². The van der Waals surface area contributed by atoms with E-state index < -0.39 is 23.6 Å². The fourth-order valence-electron chi connectivity index (χ4n) is 5.96. The first-order valence-corrected chi connectivity index (χ1v) is 18.7. The highest BCUT2D eigenvalue weighted by molar-refractivity contribution is 6.05. The minimum absolute atomic E-state index is 0.0303. The van der Waals surface area contributed by atoms with Crippen LogP contribution in [0.2, 0.25) is 0 Å². The van der Waals surface area contributed by atoms with Crippen LogP contribution in [0.3, 0.4) is 0 Å². The zero-order valence-electron chi connectivity index (χ0n) is 32.1. The van der Waals surface area contributed by atoms with Crippen LogP contribution in [0.1, 0.15) is 67.5 Å². The van der Waals surface area contributed by atoms with Crippen molar-refractivity contribution >= 4 is 46.6 Å². The third-order valence-corrected chi connectivity index (χ3v) is 8.72. The molecule has 0 saturated carbocycles. The number of para-hydroxylation sites is 1. The molecule has 0 aliphatic carbocycles. The highest BCUT2D eigenvalue weighted by Crippen LogP contribution is 2.36. The van der Waals surface area contributed by atoms with E-state index in [2.05, 4.69) is 16.0 Å². The van der Waals surface area contributed by atoms with Crippen LogP contribution in [0.15, 0.2) is 66.7 Å². The number of fused-ring (bicyclic) bond motifs is 2. The summed E-state index contributed by atoms with van der Waals surface area (Å²) in [5, 5.41) is 18.4. The van der Waals surface area contributed by atoms with E-state index in [1.807, 2.05) is 48.5 Å². The third kappa shape index (κ3) is 12.8. The molecule has 0 fully saturated rings. The lowest BCUT2D eigenvalue weighted by Crippen LogP contribution is -2.37. The number of nitrogens with one attached hydrogen (secondary N) is 3. The maximum absolute atomic E-state index is 13.3. The zero-order valence-corrected chi connectivity index (χ0v) is 32.1. The van der Waals surface area contributed by atoms with Crippen molar-refractivity contribution in [3.05, 3.63) is 100 Å². The van der Waals surface area contributed by atoms with Crippen LogP contribution < -0.4 is 38.2 Å². The lowest BCUT2D eigenvalue weighted by molar-refractivity contribution is -0.123. The minimum Gasteiger partial charge on any atom is -0.396 e. The smallest absolute Gasteiger partial charge is 0.251 e. The summed E-state index contributed by atoms with van der Waals surface area (Å²) in [6.07, 6.45) is -0.0933. The number of carbonyl (C=O) groups is 5. The van der Waals surface area contributed by atoms with Crippen molar-refractivity contribution in [1.29, 1.82) is 0 Å². The molecule has 306 valence electrons. The number of ether oxygens (including phenoxy) is 3. The van der Waals surface area contributed by atoms with Crippen LogP contribution in [0.25, 0.3) is 11.4 Å². The lowest BCUT2D eigenvalue weighted by Gasteiger charge is -2.33. The summed E-state index contributed by atoms with van der Waals surface area (Å²) in [4.78, 5) is 64.0. The van der Waals surface area contributed by atoms with Gasteiger partial charge in [-0.1, -0.05) is 42.5 Å². The Labute approximate surface area is 331 Å². The number of hydrogen-bond donors (Lipinski definition) is 7. The maximum Gasteiger partial charge on any atom is 0.251 e. The van der Waals surface area contributed by atoms with Crippen molar-refractivity contribution in [3.8, 4) is 0 Å². The number of hydrogen-bond acceptors (Lipinski definition) is 12. The van der Waals surface area contributed by atoms with Crippen LogP contribution in [0.5, 0.6) is 0 Å². The number of primary amides is 1. The summed E-state index contributed by atoms with van der Waals surface area (Å²) < 4.78 is 16.9. The molecule has 57 heavy (non-hydrogen) atoms. The van der Waals surface area contributed by atoms with Gasteiger partial charge in [-0.15, -0.1) is 0 Å². The van der Waals surface area contributed by atoms with E-state index in [-0.39, 0.29) is 81.5 Å². The Balaban J connectivity index is 1.20. The van der Waals surface area contributed by atoms with Gasteiger partial charge in [-0.25, -0.2) is 5.84 Å². The molecule has 17 nitrogen and oxygen atoms in total. The zero-order chi connectivity index (χ0) is 41.2. The summed E-state index contributed by atoms with van der Waals surface area (Å²) in [5.41, 5.74) is 16.3. The second-order valence-electron chi connectivity index (χ2n) is 12.8. The van der Waals surface area contributed by atoms with Crippen LogP contribution in [-0.4, -0.2) is 112 Å². The third-order valence-electron chi connectivity index (χ3n) is 8.72. The average Bonchev–Trinajstić information content (AvgIpc) is 3.21. The quantitative estimate of drug-likeness (QED) is 0.0423. The summed E-state index contributed by atoms with van der Waals surface area (Å²) in [7, 11) is 0. The van der Waals surface area contributed by atoms with Crippen molar-refractivity contribution in [2.24, 2.45) is 17.3 Å². The minimum atomic E-state index is -0.551. The molecule has 3 aromatic carbocycles. The summed E-state index contributed by atoms with van der Waals surface area (Å²) in [6.45, 7) is 4.29. The molecule has 0 saturated heterocycles. The Morgan fingerprint density at radius 3 is 1.89 bits per heavy atom. The molecule has 0 radical (unpaired) electrons. The topological polar surface area (TPSA) is 254 Å². The van der Waals surface area contributed by atoms with Gasteiger partial charge in [0.1, 0.15) is 0 Å². The van der Waals surface area contributed by atoms with Crippen LogP contribution >= 0.6 is 0 Å². The van der Waals surface area contributed by atoms with Crippen molar-refractivity contribution < 1.29 is 43.3 Å². The molecule has 0 atom stereocenters. The van der Waals surface area contributed by atoms with Crippen molar-refractivity contribution in [3.63, 3.8) is 0 Å². The largest absolute Gasteiger partial charge is 0.396 e. The number of carbonyl (C=O) groups excluding carboxylic acids is 5. The number of rotatable bonds is 22. The van der Waals surface area contributed by atoms with Gasteiger partial charge in [0.15, 0.2) is 0 Å². The molecule has 10 N–H and O–H groups in total. The number of anilines is 1. The predicted molar refractivity (Wildman–Crippen MR) is 213 cm³/mol. The number of aliphatic hydroxyl groups excluding tert-OH is 1. The second kappa shape index (κ2) is 22.6. The molecule has 0 aromatic heterocycles. The Bertz CT molecular complexity index is 1900. The molecule has 1 heterocycles. The predicted octanol–water partition coefficient (Wildman–Crippen LogP) is 0.711. The first kappa shape index (κ1) is 43.9. The van der Waals surface area contributed by atoms with E-state index in [0.29, 0.717) is 55.6 Å². The number of nitrogens with two attached hydrogens (primary N) is 3. The maximum atomic E-state index is 13.3. The number of benzene rings is 3. The van der Waals surface area contributed by atoms with Gasteiger partial charge in [0.25, 0.3) is 17.7 Å². The Morgan fingerprint density at radius 2 is 1.28 bits per heavy atom. The molecule has 0 unspecified atom stereocenters. The summed E-state index contributed by atoms with van der Waals surface area (Å²) in [5.74, 6) is 4.39. The number of hydrazine groups is 1. The van der Waals surface area contributed by atoms with Crippen LogP contribution in [0.4, 0.5) is 5.69 Å². The normalized spacial score (nSPS) is 13.4. The molecule has 1 aliphatic heterocycles. The number of amides is 5. The fraction of sp³-hybridized carbons (Fsp3) is 0.375. The van der Waals surface area contributed by atoms with Gasteiger partial charge in [0.2, 0.25) is 11.8 Å². The van der Waals surface area contributed by atoms with Crippen molar-refractivity contribution in [2.75, 3.05) is 77.3 Å². The molecular formula is C40H52N8O9. The highest BCUT2D eigenvalue weighted by Gasteiger charge is 2.28. The highest BCUT2D eigenvalue weighted by atomic mass is 16.5. The van der Waals surface area contributed by atoms with Crippen molar-refractivity contribution in [1.82, 2.24) is 21.0 Å². The molecule has 3 aromatic rings. The molecule has 5 amide bonds. The van der Waals surface area contributed by atoms with Crippen LogP contribution in [-0.2, 0) is 30.3 Å². The fourth-order valence-corrected chi connectivity index (χ4v) is 5.96. The van der Waals surface area contributed by atoms with Gasteiger partial charge < -0.3 is 56.6 Å². The van der Waals surface area contributed by atoms with Gasteiger partial charge in [0.05, 0.1) is 76.4 Å². The van der Waals surface area contributed by atoms with Crippen LogP contribution in [0, 0.1) is 0 Å². The second-order valence-corrected chi connectivity index (χ2v) is 12.8. The van der Waals surface area contributed by atoms with E-state index in [9.17, 15) is 24.0 Å². The molecule has 0 spiro atoms. The first-order valence-electron chi connectivity index (χ1n) is 18.7. The van der Waals surface area contributed by atoms with Gasteiger partial charge >= 0.3 is 0 Å². The average molecular weight is 789 g/mol. The van der Waals surface area contributed by atoms with Crippen molar-refractivity contribution in [2.45, 2.75) is 26.3 Å². The Kier molecular flexibility index (Phi) is 17.4. The molecular weight excluding hydrogens is 736 g/mol. The molecule has 0 bridgehead atoms.